The van der Waals surface area contributed by atoms with Gasteiger partial charge in [-0.2, -0.15) is 0 Å². The van der Waals surface area contributed by atoms with Crippen molar-refractivity contribution in [2.24, 2.45) is 0 Å². The van der Waals surface area contributed by atoms with Crippen LogP contribution in [-0.4, -0.2) is 46.3 Å². The summed E-state index contributed by atoms with van der Waals surface area (Å²) in [5.74, 6) is 0.800. The van der Waals surface area contributed by atoms with Gasteiger partial charge in [-0.25, -0.2) is 0 Å². The van der Waals surface area contributed by atoms with Crippen molar-refractivity contribution in [2.75, 3.05) is 11.5 Å². The second kappa shape index (κ2) is 5.19. The molecule has 4 rings (SSSR count). The lowest BCUT2D eigenvalue weighted by molar-refractivity contribution is -0.125. The Hall–Kier alpha value is -1.11. The molecule has 0 aromatic heterocycles. The summed E-state index contributed by atoms with van der Waals surface area (Å²) in [5.41, 5.74) is 0.160. The van der Waals surface area contributed by atoms with Gasteiger partial charge in [0.05, 0.1) is 0 Å². The number of hydrogen-bond donors (Lipinski definition) is 0. The van der Waals surface area contributed by atoms with Crippen molar-refractivity contribution in [2.45, 2.75) is 35.5 Å². The van der Waals surface area contributed by atoms with E-state index in [-0.39, 0.29) is 11.8 Å². The molecule has 0 saturated carbocycles. The lowest BCUT2D eigenvalue weighted by atomic mass is 9.90. The molecule has 1 aromatic rings. The van der Waals surface area contributed by atoms with Gasteiger partial charge in [-0.05, 0) is 25.0 Å². The summed E-state index contributed by atoms with van der Waals surface area (Å²) in [6, 6.07) is 9.99. The van der Waals surface area contributed by atoms with Crippen LogP contribution in [0, 0.1) is 0 Å². The van der Waals surface area contributed by atoms with Gasteiger partial charge in [-0.15, -0.1) is 0 Å². The molecule has 0 aliphatic carbocycles. The number of benzene rings is 1. The number of ketones is 1. The van der Waals surface area contributed by atoms with Crippen LogP contribution in [0.4, 0.5) is 0 Å². The molecule has 0 radical (unpaired) electrons. The first kappa shape index (κ1) is 15.4. The van der Waals surface area contributed by atoms with E-state index in [1.54, 1.807) is 6.08 Å². The standard InChI is InChI=1S/C17H19NO3S2/c1-16-15(19)8-7-14(11-17(16)22(20)9-10-23(17)21)18(16)12-13-5-3-2-4-6-13/h2-8,14H,9-12H2,1H3/t14-,16+,17?,22-,23+/m0/s1. The molecular formula is C17H19NO3S2. The van der Waals surface area contributed by atoms with Crippen LogP contribution >= 0.6 is 0 Å². The zero-order valence-electron chi connectivity index (χ0n) is 12.9. The molecule has 3 aliphatic heterocycles. The number of rotatable bonds is 2. The van der Waals surface area contributed by atoms with Gasteiger partial charge >= 0.3 is 0 Å². The Kier molecular flexibility index (Phi) is 3.48. The molecule has 0 N–H and O–H groups in total. The third kappa shape index (κ3) is 1.88. The first-order chi connectivity index (χ1) is 11.0. The molecule has 3 heterocycles. The van der Waals surface area contributed by atoms with Gasteiger partial charge in [0.15, 0.2) is 5.78 Å². The van der Waals surface area contributed by atoms with Crippen LogP contribution in [0.15, 0.2) is 42.5 Å². The topological polar surface area (TPSA) is 54.5 Å². The minimum absolute atomic E-state index is 0.0175. The number of hydrogen-bond acceptors (Lipinski definition) is 4. The highest BCUT2D eigenvalue weighted by Crippen LogP contribution is 2.53. The molecule has 0 amide bonds. The number of fused-ring (bicyclic) bond motifs is 3. The van der Waals surface area contributed by atoms with Crippen LogP contribution in [-0.2, 0) is 32.9 Å². The molecular weight excluding hydrogens is 330 g/mol. The minimum Gasteiger partial charge on any atom is -0.293 e. The molecule has 1 aromatic carbocycles. The SMILES string of the molecule is C[C@@]12C(=O)C=C[C@@H](CC13[S@](=O)CC[S@@]3=O)N2Cc1ccccc1. The summed E-state index contributed by atoms with van der Waals surface area (Å²) < 4.78 is 24.7. The highest BCUT2D eigenvalue weighted by molar-refractivity contribution is 8.07. The first-order valence-corrected chi connectivity index (χ1v) is 10.4. The fraction of sp³-hybridized carbons (Fsp3) is 0.471. The van der Waals surface area contributed by atoms with Gasteiger partial charge in [0.1, 0.15) is 9.62 Å². The fourth-order valence-corrected chi connectivity index (χ4v) is 9.50. The minimum atomic E-state index is -1.24. The Morgan fingerprint density at radius 2 is 1.83 bits per heavy atom. The predicted octanol–water partition coefficient (Wildman–Crippen LogP) is 1.37. The summed E-state index contributed by atoms with van der Waals surface area (Å²) >= 11 is 0. The molecule has 23 heavy (non-hydrogen) atoms. The summed E-state index contributed by atoms with van der Waals surface area (Å²) in [4.78, 5) is 14.9. The highest BCUT2D eigenvalue weighted by Gasteiger charge is 2.71. The Morgan fingerprint density at radius 1 is 1.17 bits per heavy atom. The number of carbonyl (C=O) groups excluding carboxylic acids is 1. The number of nitrogens with zero attached hydrogens (tertiary/aromatic N) is 1. The molecule has 4 nitrogen and oxygen atoms in total. The molecule has 122 valence electrons. The zero-order valence-corrected chi connectivity index (χ0v) is 14.6. The molecule has 5 atom stereocenters. The van der Waals surface area contributed by atoms with Gasteiger partial charge in [-0.1, -0.05) is 36.4 Å². The van der Waals surface area contributed by atoms with E-state index in [2.05, 4.69) is 4.90 Å². The Bertz CT molecular complexity index is 729. The van der Waals surface area contributed by atoms with E-state index in [9.17, 15) is 13.2 Å². The molecule has 2 bridgehead atoms. The van der Waals surface area contributed by atoms with Crippen molar-refractivity contribution in [3.05, 3.63) is 48.0 Å². The van der Waals surface area contributed by atoms with Gasteiger partial charge in [-0.3, -0.25) is 18.1 Å². The van der Waals surface area contributed by atoms with E-state index in [0.29, 0.717) is 24.5 Å². The smallest absolute Gasteiger partial charge is 0.177 e. The van der Waals surface area contributed by atoms with Crippen LogP contribution in [0.5, 0.6) is 0 Å². The van der Waals surface area contributed by atoms with Gasteiger partial charge in [0.25, 0.3) is 0 Å². The van der Waals surface area contributed by atoms with E-state index in [4.69, 9.17) is 0 Å². The van der Waals surface area contributed by atoms with Crippen LogP contribution in [0.25, 0.3) is 0 Å². The van der Waals surface area contributed by atoms with Crippen molar-refractivity contribution in [3.63, 3.8) is 0 Å². The molecule has 2 saturated heterocycles. The molecule has 1 spiro atoms. The van der Waals surface area contributed by atoms with Crippen LogP contribution in [0.3, 0.4) is 0 Å². The van der Waals surface area contributed by atoms with Gasteiger partial charge < -0.3 is 0 Å². The second-order valence-corrected chi connectivity index (χ2v) is 10.4. The number of carbonyl (C=O) groups is 1. The fourth-order valence-electron chi connectivity index (χ4n) is 4.27. The Balaban J connectivity index is 1.82. The van der Waals surface area contributed by atoms with Crippen molar-refractivity contribution >= 4 is 27.4 Å². The van der Waals surface area contributed by atoms with Crippen molar-refractivity contribution < 1.29 is 13.2 Å². The van der Waals surface area contributed by atoms with E-state index < -0.39 is 31.2 Å². The largest absolute Gasteiger partial charge is 0.293 e. The molecule has 3 aliphatic rings. The normalized spacial score (nSPS) is 42.7. The van der Waals surface area contributed by atoms with Crippen LogP contribution < -0.4 is 0 Å². The summed E-state index contributed by atoms with van der Waals surface area (Å²) in [6.45, 7) is 2.46. The third-order valence-corrected chi connectivity index (χ3v) is 10.7. The maximum absolute atomic E-state index is 12.8. The molecule has 2 fully saturated rings. The van der Waals surface area contributed by atoms with E-state index in [1.165, 1.54) is 0 Å². The summed E-state index contributed by atoms with van der Waals surface area (Å²) in [7, 11) is -2.48. The first-order valence-electron chi connectivity index (χ1n) is 7.80. The molecule has 6 heteroatoms. The van der Waals surface area contributed by atoms with Gasteiger partial charge in [0, 0.05) is 45.7 Å². The van der Waals surface area contributed by atoms with Crippen molar-refractivity contribution in [1.82, 2.24) is 4.90 Å². The highest BCUT2D eigenvalue weighted by atomic mass is 32.3. The van der Waals surface area contributed by atoms with E-state index in [0.717, 1.165) is 5.56 Å². The second-order valence-electron chi connectivity index (χ2n) is 6.53. The summed E-state index contributed by atoms with van der Waals surface area (Å²) in [6.07, 6.45) is 4.04. The Morgan fingerprint density at radius 3 is 2.48 bits per heavy atom. The van der Waals surface area contributed by atoms with Gasteiger partial charge in [0.2, 0.25) is 0 Å². The summed E-state index contributed by atoms with van der Waals surface area (Å²) in [5, 5.41) is 0. The Labute approximate surface area is 140 Å². The van der Waals surface area contributed by atoms with E-state index in [1.807, 2.05) is 43.3 Å². The maximum Gasteiger partial charge on any atom is 0.177 e. The molecule has 1 unspecified atom stereocenters. The average Bonchev–Trinajstić information content (AvgIpc) is 2.93. The van der Waals surface area contributed by atoms with E-state index >= 15 is 0 Å². The van der Waals surface area contributed by atoms with Crippen molar-refractivity contribution in [1.29, 1.82) is 0 Å². The lowest BCUT2D eigenvalue weighted by Crippen LogP contribution is -2.63. The van der Waals surface area contributed by atoms with Crippen molar-refractivity contribution in [3.8, 4) is 0 Å². The lowest BCUT2D eigenvalue weighted by Gasteiger charge is -2.43. The zero-order chi connectivity index (χ0) is 16.2. The predicted molar refractivity (Wildman–Crippen MR) is 91.7 cm³/mol. The maximum atomic E-state index is 12.8. The third-order valence-electron chi connectivity index (χ3n) is 5.53. The quantitative estimate of drug-likeness (QED) is 0.809. The monoisotopic (exact) mass is 349 g/mol. The van der Waals surface area contributed by atoms with Crippen LogP contribution in [0.1, 0.15) is 18.9 Å². The average molecular weight is 349 g/mol. The van der Waals surface area contributed by atoms with Crippen LogP contribution in [0.2, 0.25) is 0 Å².